The largest absolute Gasteiger partial charge is 0.465 e. The fraction of sp³-hybridized carbons (Fsp3) is 0.429. The quantitative estimate of drug-likeness (QED) is 0.411. The maximum atomic E-state index is 14.1. The Bertz CT molecular complexity index is 643. The molecule has 134 valence electrons. The third-order valence-corrected chi connectivity index (χ3v) is 3.55. The van der Waals surface area contributed by atoms with Gasteiger partial charge in [-0.05, 0) is 24.6 Å². The van der Waals surface area contributed by atoms with Crippen LogP contribution in [0, 0.1) is 0 Å². The monoisotopic (exact) mass is 418 g/mol. The van der Waals surface area contributed by atoms with Gasteiger partial charge in [0, 0.05) is 10.9 Å². The van der Waals surface area contributed by atoms with Crippen molar-refractivity contribution in [1.29, 1.82) is 0 Å². The average Bonchev–Trinajstić information content (AvgIpc) is 2.51. The number of alkyl halides is 6. The lowest BCUT2D eigenvalue weighted by molar-refractivity contribution is -0.173. The molecule has 0 aromatic heterocycles. The average molecular weight is 419 g/mol. The summed E-state index contributed by atoms with van der Waals surface area (Å²) >= 11 is 2.79. The van der Waals surface area contributed by atoms with Crippen molar-refractivity contribution >= 4 is 27.9 Å². The van der Waals surface area contributed by atoms with Crippen LogP contribution in [-0.4, -0.2) is 25.7 Å². The van der Waals surface area contributed by atoms with Crippen molar-refractivity contribution in [2.75, 3.05) is 13.7 Å². The number of ether oxygens (including phenoxy) is 2. The molecule has 0 spiro atoms. The summed E-state index contributed by atoms with van der Waals surface area (Å²) in [4.78, 5) is 23.0. The van der Waals surface area contributed by atoms with Crippen LogP contribution in [0.15, 0.2) is 12.1 Å². The first-order valence-electron chi connectivity index (χ1n) is 6.44. The van der Waals surface area contributed by atoms with E-state index < -0.39 is 51.6 Å². The molecule has 0 aliphatic carbocycles. The van der Waals surface area contributed by atoms with Gasteiger partial charge in [-0.1, -0.05) is 15.9 Å². The van der Waals surface area contributed by atoms with Crippen molar-refractivity contribution in [3.8, 4) is 0 Å². The van der Waals surface area contributed by atoms with Crippen molar-refractivity contribution in [2.24, 2.45) is 0 Å². The van der Waals surface area contributed by atoms with Gasteiger partial charge in [0.05, 0.1) is 24.8 Å². The topological polar surface area (TPSA) is 52.6 Å². The Kier molecular flexibility index (Phi) is 6.32. The van der Waals surface area contributed by atoms with E-state index in [1.807, 2.05) is 0 Å². The highest BCUT2D eigenvalue weighted by molar-refractivity contribution is 9.08. The highest BCUT2D eigenvalue weighted by Gasteiger charge is 2.46. The van der Waals surface area contributed by atoms with E-state index in [2.05, 4.69) is 25.4 Å². The van der Waals surface area contributed by atoms with Gasteiger partial charge in [0.1, 0.15) is 0 Å². The van der Waals surface area contributed by atoms with Crippen LogP contribution in [0.4, 0.5) is 22.0 Å². The zero-order chi connectivity index (χ0) is 18.7. The van der Waals surface area contributed by atoms with Crippen molar-refractivity contribution in [2.45, 2.75) is 24.4 Å². The van der Waals surface area contributed by atoms with Crippen molar-refractivity contribution < 1.29 is 41.0 Å². The van der Waals surface area contributed by atoms with Crippen molar-refractivity contribution in [3.05, 3.63) is 34.4 Å². The number of rotatable bonds is 5. The minimum atomic E-state index is -5.02. The highest BCUT2D eigenvalue weighted by Crippen LogP contribution is 2.39. The fourth-order valence-electron chi connectivity index (χ4n) is 1.88. The van der Waals surface area contributed by atoms with Gasteiger partial charge in [0.25, 0.3) is 0 Å². The summed E-state index contributed by atoms with van der Waals surface area (Å²) in [6, 6.07) is 0.620. The van der Waals surface area contributed by atoms with E-state index in [1.54, 1.807) is 0 Å². The molecule has 0 aliphatic heterocycles. The molecular weight excluding hydrogens is 407 g/mol. The van der Waals surface area contributed by atoms with Gasteiger partial charge in [0.15, 0.2) is 0 Å². The molecule has 1 aromatic rings. The van der Waals surface area contributed by atoms with Gasteiger partial charge >= 0.3 is 24.0 Å². The Morgan fingerprint density at radius 3 is 2.17 bits per heavy atom. The lowest BCUT2D eigenvalue weighted by atomic mass is 9.95. The lowest BCUT2D eigenvalue weighted by Gasteiger charge is -2.20. The molecule has 0 atom stereocenters. The highest BCUT2D eigenvalue weighted by atomic mass is 79.9. The molecule has 24 heavy (non-hydrogen) atoms. The molecule has 0 amide bonds. The first kappa shape index (κ1) is 20.3. The molecule has 1 aromatic carbocycles. The summed E-state index contributed by atoms with van der Waals surface area (Å²) < 4.78 is 76.2. The van der Waals surface area contributed by atoms with Crippen LogP contribution in [0.5, 0.6) is 0 Å². The number of esters is 2. The van der Waals surface area contributed by atoms with Crippen molar-refractivity contribution in [1.82, 2.24) is 0 Å². The summed E-state index contributed by atoms with van der Waals surface area (Å²) in [5, 5.41) is -0.433. The van der Waals surface area contributed by atoms with Crippen LogP contribution in [0.2, 0.25) is 0 Å². The van der Waals surface area contributed by atoms with E-state index in [4.69, 9.17) is 0 Å². The van der Waals surface area contributed by atoms with Crippen molar-refractivity contribution in [3.63, 3.8) is 0 Å². The van der Waals surface area contributed by atoms with E-state index in [9.17, 15) is 31.5 Å². The smallest absolute Gasteiger partial charge is 0.416 e. The zero-order valence-electron chi connectivity index (χ0n) is 12.5. The molecule has 0 saturated carbocycles. The SMILES string of the molecule is CCOC(=O)C(F)(F)c1cc(C(=O)OC)c(CBr)c(C(F)(F)F)c1. The Balaban J connectivity index is 3.70. The maximum Gasteiger partial charge on any atom is 0.416 e. The molecule has 0 aliphatic rings. The molecule has 0 saturated heterocycles. The number of methoxy groups -OCH3 is 1. The Morgan fingerprint density at radius 2 is 1.75 bits per heavy atom. The minimum Gasteiger partial charge on any atom is -0.465 e. The van der Waals surface area contributed by atoms with Gasteiger partial charge in [-0.25, -0.2) is 9.59 Å². The first-order chi connectivity index (χ1) is 11.0. The number of carbonyl (C=O) groups is 2. The number of halogens is 6. The second-order valence-electron chi connectivity index (χ2n) is 4.47. The first-order valence-corrected chi connectivity index (χ1v) is 7.56. The molecule has 10 heteroatoms. The Labute approximate surface area is 142 Å². The summed E-state index contributed by atoms with van der Waals surface area (Å²) in [5.74, 6) is -7.61. The third kappa shape index (κ3) is 4.03. The minimum absolute atomic E-state index is 0.125. The van der Waals surface area contributed by atoms with Gasteiger partial charge < -0.3 is 9.47 Å². The predicted octanol–water partition coefficient (Wildman–Crippen LogP) is 4.04. The molecule has 0 unspecified atom stereocenters. The predicted molar refractivity (Wildman–Crippen MR) is 75.9 cm³/mol. The maximum absolute atomic E-state index is 14.1. The third-order valence-electron chi connectivity index (χ3n) is 2.99. The Morgan fingerprint density at radius 1 is 1.17 bits per heavy atom. The number of hydrogen-bond acceptors (Lipinski definition) is 4. The van der Waals surface area contributed by atoms with E-state index in [0.29, 0.717) is 6.07 Å². The van der Waals surface area contributed by atoms with E-state index in [0.717, 1.165) is 7.11 Å². The summed E-state index contributed by atoms with van der Waals surface area (Å²) in [5.41, 5.74) is -4.07. The van der Waals surface area contributed by atoms with Gasteiger partial charge in [0.2, 0.25) is 0 Å². The standard InChI is InChI=1S/C14H12BrF5O4/c1-3-24-12(22)13(16,17)7-4-8(11(21)23-2)9(6-15)10(5-7)14(18,19)20/h4-5H,3,6H2,1-2H3. The lowest BCUT2D eigenvalue weighted by Crippen LogP contribution is -2.29. The fourth-order valence-corrected chi connectivity index (χ4v) is 2.49. The summed E-state index contributed by atoms with van der Waals surface area (Å²) in [6.07, 6.45) is -5.02. The van der Waals surface area contributed by atoms with E-state index >= 15 is 0 Å². The molecule has 4 nitrogen and oxygen atoms in total. The molecule has 0 N–H and O–H groups in total. The Hall–Kier alpha value is -1.71. The number of hydrogen-bond donors (Lipinski definition) is 0. The van der Waals surface area contributed by atoms with E-state index in [1.165, 1.54) is 6.92 Å². The normalized spacial score (nSPS) is 12.0. The van der Waals surface area contributed by atoms with Crippen LogP contribution >= 0.6 is 15.9 Å². The molecule has 0 heterocycles. The summed E-state index contributed by atoms with van der Waals surface area (Å²) in [7, 11) is 0.893. The summed E-state index contributed by atoms with van der Waals surface area (Å²) in [6.45, 7) is 0.882. The van der Waals surface area contributed by atoms with Crippen LogP contribution in [0.1, 0.15) is 34.0 Å². The molecule has 0 radical (unpaired) electrons. The molecular formula is C14H12BrF5O4. The van der Waals surface area contributed by atoms with Crippen LogP contribution in [0.3, 0.4) is 0 Å². The van der Waals surface area contributed by atoms with Gasteiger partial charge in [-0.3, -0.25) is 0 Å². The number of carbonyl (C=O) groups excluding carboxylic acids is 2. The van der Waals surface area contributed by atoms with Crippen LogP contribution in [-0.2, 0) is 31.7 Å². The second-order valence-corrected chi connectivity index (χ2v) is 5.03. The van der Waals surface area contributed by atoms with Crippen LogP contribution in [0.25, 0.3) is 0 Å². The van der Waals surface area contributed by atoms with E-state index in [-0.39, 0.29) is 12.7 Å². The van der Waals surface area contributed by atoms with Gasteiger partial charge in [-0.2, -0.15) is 22.0 Å². The molecule has 1 rings (SSSR count). The molecule has 0 fully saturated rings. The molecule has 0 bridgehead atoms. The zero-order valence-corrected chi connectivity index (χ0v) is 14.1. The van der Waals surface area contributed by atoms with Gasteiger partial charge in [-0.15, -0.1) is 0 Å². The number of benzene rings is 1. The van der Waals surface area contributed by atoms with Crippen LogP contribution < -0.4 is 0 Å². The second kappa shape index (κ2) is 7.45.